The zero-order valence-electron chi connectivity index (χ0n) is 11.9. The van der Waals surface area contributed by atoms with Gasteiger partial charge in [0.25, 0.3) is 0 Å². The molecule has 3 N–H and O–H groups in total. The molecule has 0 amide bonds. The van der Waals surface area contributed by atoms with Gasteiger partial charge in [0.1, 0.15) is 5.60 Å². The Labute approximate surface area is 120 Å². The van der Waals surface area contributed by atoms with Crippen molar-refractivity contribution >= 4 is 5.96 Å². The Bertz CT molecular complexity index is 508. The molecule has 3 rings (SSSR count). The van der Waals surface area contributed by atoms with Gasteiger partial charge in [0.2, 0.25) is 0 Å². The summed E-state index contributed by atoms with van der Waals surface area (Å²) in [5.41, 5.74) is 7.49. The highest BCUT2D eigenvalue weighted by molar-refractivity contribution is 5.78. The predicted octanol–water partition coefficient (Wildman–Crippen LogP) is 1.62. The number of hydrogen-bond donors (Lipinski definition) is 2. The van der Waals surface area contributed by atoms with Gasteiger partial charge in [-0.25, -0.2) is 4.99 Å². The van der Waals surface area contributed by atoms with E-state index in [2.05, 4.69) is 16.0 Å². The second-order valence-corrected chi connectivity index (χ2v) is 5.91. The van der Waals surface area contributed by atoms with Crippen LogP contribution in [0.3, 0.4) is 0 Å². The average Bonchev–Trinajstić information content (AvgIpc) is 2.84. The van der Waals surface area contributed by atoms with E-state index in [1.54, 1.807) is 0 Å². The Kier molecular flexibility index (Phi) is 3.66. The van der Waals surface area contributed by atoms with Gasteiger partial charge >= 0.3 is 0 Å². The summed E-state index contributed by atoms with van der Waals surface area (Å²) in [7, 11) is 0. The van der Waals surface area contributed by atoms with Crippen LogP contribution in [0, 0.1) is 0 Å². The van der Waals surface area contributed by atoms with Crippen LogP contribution in [-0.2, 0) is 12.0 Å². The van der Waals surface area contributed by atoms with Crippen LogP contribution in [0.15, 0.2) is 29.3 Å². The maximum Gasteiger partial charge on any atom is 0.191 e. The molecule has 4 nitrogen and oxygen atoms in total. The molecule has 1 atom stereocenters. The molecule has 0 bridgehead atoms. The molecular weight excluding hydrogens is 250 g/mol. The van der Waals surface area contributed by atoms with E-state index in [1.807, 2.05) is 18.2 Å². The lowest BCUT2D eigenvalue weighted by molar-refractivity contribution is 0.0483. The number of nitrogens with two attached hydrogens (primary N) is 1. The second-order valence-electron chi connectivity index (χ2n) is 5.91. The van der Waals surface area contributed by atoms with Gasteiger partial charge in [-0.15, -0.1) is 0 Å². The summed E-state index contributed by atoms with van der Waals surface area (Å²) in [6, 6.07) is 8.10. The summed E-state index contributed by atoms with van der Waals surface area (Å²) < 4.78 is 0. The standard InChI is InChI=1S/C16H23N3O/c17-15(19-10-4-1-5-11-19)18-12-16(20)9-8-13-6-2-3-7-14(13)16/h2-3,6-7,20H,1,4-5,8-12H2,(H2,17,18). The molecule has 1 aliphatic carbocycles. The van der Waals surface area contributed by atoms with E-state index in [0.717, 1.165) is 31.5 Å². The first-order chi connectivity index (χ1) is 9.69. The molecule has 2 aliphatic rings. The Morgan fingerprint density at radius 3 is 2.80 bits per heavy atom. The molecular formula is C16H23N3O. The number of likely N-dealkylation sites (tertiary alicyclic amines) is 1. The molecule has 0 radical (unpaired) electrons. The van der Waals surface area contributed by atoms with Crippen molar-refractivity contribution in [2.45, 2.75) is 37.7 Å². The van der Waals surface area contributed by atoms with Gasteiger partial charge in [-0.1, -0.05) is 24.3 Å². The summed E-state index contributed by atoms with van der Waals surface area (Å²) in [6.45, 7) is 2.35. The first kappa shape index (κ1) is 13.4. The van der Waals surface area contributed by atoms with Crippen molar-refractivity contribution in [2.75, 3.05) is 19.6 Å². The number of hydrogen-bond acceptors (Lipinski definition) is 2. The Morgan fingerprint density at radius 2 is 2.00 bits per heavy atom. The van der Waals surface area contributed by atoms with Crippen LogP contribution in [0.25, 0.3) is 0 Å². The van der Waals surface area contributed by atoms with Gasteiger partial charge in [0.05, 0.1) is 6.54 Å². The van der Waals surface area contributed by atoms with Crippen LogP contribution in [0.1, 0.15) is 36.8 Å². The van der Waals surface area contributed by atoms with Crippen molar-refractivity contribution in [1.29, 1.82) is 0 Å². The van der Waals surface area contributed by atoms with E-state index in [9.17, 15) is 5.11 Å². The normalized spacial score (nSPS) is 26.6. The number of nitrogens with zero attached hydrogens (tertiary/aromatic N) is 2. The highest BCUT2D eigenvalue weighted by Crippen LogP contribution is 2.36. The third kappa shape index (κ3) is 2.52. The molecule has 1 fully saturated rings. The zero-order chi connectivity index (χ0) is 14.0. The molecule has 0 aromatic heterocycles. The number of guanidine groups is 1. The molecule has 0 saturated carbocycles. The third-order valence-electron chi connectivity index (χ3n) is 4.51. The molecule has 0 spiro atoms. The predicted molar refractivity (Wildman–Crippen MR) is 80.6 cm³/mol. The van der Waals surface area contributed by atoms with Gasteiger partial charge in [0, 0.05) is 13.1 Å². The third-order valence-corrected chi connectivity index (χ3v) is 4.51. The van der Waals surface area contributed by atoms with Crippen molar-refractivity contribution in [2.24, 2.45) is 10.7 Å². The monoisotopic (exact) mass is 273 g/mol. The lowest BCUT2D eigenvalue weighted by Crippen LogP contribution is -2.41. The number of fused-ring (bicyclic) bond motifs is 1. The number of piperidine rings is 1. The summed E-state index contributed by atoms with van der Waals surface area (Å²) in [4.78, 5) is 6.60. The fraction of sp³-hybridized carbons (Fsp3) is 0.562. The summed E-state index contributed by atoms with van der Waals surface area (Å²) in [5, 5.41) is 10.8. The van der Waals surface area contributed by atoms with Crippen molar-refractivity contribution in [3.63, 3.8) is 0 Å². The largest absolute Gasteiger partial charge is 0.383 e. The molecule has 1 aromatic carbocycles. The van der Waals surface area contributed by atoms with Gasteiger partial charge < -0.3 is 15.7 Å². The van der Waals surface area contributed by atoms with Crippen molar-refractivity contribution in [3.05, 3.63) is 35.4 Å². The molecule has 20 heavy (non-hydrogen) atoms. The molecule has 1 aliphatic heterocycles. The van der Waals surface area contributed by atoms with Gasteiger partial charge in [-0.3, -0.25) is 0 Å². The fourth-order valence-electron chi connectivity index (χ4n) is 3.27. The summed E-state index contributed by atoms with van der Waals surface area (Å²) >= 11 is 0. The maximum atomic E-state index is 10.8. The number of aryl methyl sites for hydroxylation is 1. The minimum Gasteiger partial charge on any atom is -0.383 e. The van der Waals surface area contributed by atoms with Crippen LogP contribution in [0.4, 0.5) is 0 Å². The Balaban J connectivity index is 1.71. The molecule has 1 unspecified atom stereocenters. The maximum absolute atomic E-state index is 10.8. The lowest BCUT2D eigenvalue weighted by atomic mass is 9.96. The highest BCUT2D eigenvalue weighted by atomic mass is 16.3. The quantitative estimate of drug-likeness (QED) is 0.636. The Hall–Kier alpha value is -1.55. The van der Waals surface area contributed by atoms with Gasteiger partial charge in [-0.05, 0) is 43.2 Å². The van der Waals surface area contributed by atoms with E-state index >= 15 is 0 Å². The minimum absolute atomic E-state index is 0.367. The van der Waals surface area contributed by atoms with E-state index in [1.165, 1.54) is 24.8 Å². The first-order valence-electron chi connectivity index (χ1n) is 7.55. The minimum atomic E-state index is -0.836. The van der Waals surface area contributed by atoms with Gasteiger partial charge in [-0.2, -0.15) is 0 Å². The summed E-state index contributed by atoms with van der Waals surface area (Å²) in [6.07, 6.45) is 5.31. The molecule has 1 aromatic rings. The number of aliphatic imine (C=N–C) groups is 1. The lowest BCUT2D eigenvalue weighted by Gasteiger charge is -2.29. The van der Waals surface area contributed by atoms with Crippen molar-refractivity contribution in [3.8, 4) is 0 Å². The van der Waals surface area contributed by atoms with E-state index in [-0.39, 0.29) is 0 Å². The highest BCUT2D eigenvalue weighted by Gasteiger charge is 2.36. The molecule has 4 heteroatoms. The average molecular weight is 273 g/mol. The van der Waals surface area contributed by atoms with Crippen LogP contribution >= 0.6 is 0 Å². The number of aliphatic hydroxyl groups is 1. The van der Waals surface area contributed by atoms with E-state index in [4.69, 9.17) is 5.73 Å². The molecule has 1 saturated heterocycles. The van der Waals surface area contributed by atoms with Crippen molar-refractivity contribution in [1.82, 2.24) is 4.90 Å². The molecule has 108 valence electrons. The molecule has 1 heterocycles. The van der Waals surface area contributed by atoms with Crippen LogP contribution < -0.4 is 5.73 Å². The Morgan fingerprint density at radius 1 is 1.25 bits per heavy atom. The SMILES string of the molecule is NC(=NCC1(O)CCc2ccccc21)N1CCCCC1. The number of rotatable bonds is 2. The topological polar surface area (TPSA) is 61.9 Å². The summed E-state index contributed by atoms with van der Waals surface area (Å²) in [5.74, 6) is 0.586. The van der Waals surface area contributed by atoms with Crippen LogP contribution in [0.2, 0.25) is 0 Å². The van der Waals surface area contributed by atoms with Crippen LogP contribution in [-0.4, -0.2) is 35.6 Å². The zero-order valence-corrected chi connectivity index (χ0v) is 11.9. The second kappa shape index (κ2) is 5.44. The fourth-order valence-corrected chi connectivity index (χ4v) is 3.27. The van der Waals surface area contributed by atoms with Crippen molar-refractivity contribution < 1.29 is 5.11 Å². The first-order valence-corrected chi connectivity index (χ1v) is 7.55. The number of benzene rings is 1. The van der Waals surface area contributed by atoms with E-state index < -0.39 is 5.60 Å². The van der Waals surface area contributed by atoms with E-state index in [0.29, 0.717) is 12.5 Å². The van der Waals surface area contributed by atoms with Gasteiger partial charge in [0.15, 0.2) is 5.96 Å². The smallest absolute Gasteiger partial charge is 0.191 e. The van der Waals surface area contributed by atoms with Crippen LogP contribution in [0.5, 0.6) is 0 Å².